The van der Waals surface area contributed by atoms with Crippen LogP contribution in [-0.4, -0.2) is 22.6 Å². The number of aromatic nitrogens is 1. The van der Waals surface area contributed by atoms with Crippen molar-refractivity contribution in [3.05, 3.63) is 23.9 Å². The third-order valence-electron chi connectivity index (χ3n) is 4.03. The zero-order valence-corrected chi connectivity index (χ0v) is 11.5. The summed E-state index contributed by atoms with van der Waals surface area (Å²) in [5, 5.41) is 12.8. The average molecular weight is 262 g/mol. The molecule has 104 valence electrons. The molecule has 1 heterocycles. The van der Waals surface area contributed by atoms with E-state index in [1.54, 1.807) is 6.20 Å². The van der Waals surface area contributed by atoms with Crippen molar-refractivity contribution in [2.24, 2.45) is 5.41 Å². The first-order valence-corrected chi connectivity index (χ1v) is 7.02. The highest BCUT2D eigenvalue weighted by Gasteiger charge is 2.38. The van der Waals surface area contributed by atoms with Crippen molar-refractivity contribution in [1.29, 1.82) is 0 Å². The second-order valence-corrected chi connectivity index (χ2v) is 5.57. The zero-order valence-electron chi connectivity index (χ0n) is 11.5. The van der Waals surface area contributed by atoms with Gasteiger partial charge in [0.15, 0.2) is 0 Å². The minimum Gasteiger partial charge on any atom is -0.481 e. The maximum absolute atomic E-state index is 11.6. The first-order chi connectivity index (χ1) is 9.12. The molecule has 0 amide bonds. The van der Waals surface area contributed by atoms with Gasteiger partial charge < -0.3 is 10.4 Å². The second-order valence-electron chi connectivity index (χ2n) is 5.57. The topological polar surface area (TPSA) is 62.2 Å². The lowest BCUT2D eigenvalue weighted by molar-refractivity contribution is -0.149. The first kappa shape index (κ1) is 13.8. The fourth-order valence-corrected chi connectivity index (χ4v) is 2.70. The number of carbonyl (C=O) groups is 1. The van der Waals surface area contributed by atoms with Crippen LogP contribution in [0.25, 0.3) is 0 Å². The van der Waals surface area contributed by atoms with E-state index >= 15 is 0 Å². The smallest absolute Gasteiger partial charge is 0.311 e. The number of nitrogens with zero attached hydrogens (tertiary/aromatic N) is 1. The molecule has 0 saturated heterocycles. The Hall–Kier alpha value is -1.58. The summed E-state index contributed by atoms with van der Waals surface area (Å²) in [7, 11) is 0. The van der Waals surface area contributed by atoms with Crippen molar-refractivity contribution in [2.45, 2.75) is 45.4 Å². The molecule has 0 atom stereocenters. The molecule has 0 radical (unpaired) electrons. The van der Waals surface area contributed by atoms with Gasteiger partial charge in [-0.1, -0.05) is 31.7 Å². The number of hydrogen-bond acceptors (Lipinski definition) is 3. The van der Waals surface area contributed by atoms with Crippen LogP contribution in [0.15, 0.2) is 18.3 Å². The van der Waals surface area contributed by atoms with E-state index in [1.165, 1.54) is 0 Å². The molecule has 19 heavy (non-hydrogen) atoms. The van der Waals surface area contributed by atoms with Crippen LogP contribution < -0.4 is 5.32 Å². The Bertz CT molecular complexity index is 420. The standard InChI is InChI=1S/C15H22N2O2/c1-12-6-7-13(16-10-12)17-11-15(14(18)19)8-4-2-3-5-9-15/h6-7,10H,2-5,8-9,11H2,1H3,(H,16,17)(H,18,19). The third kappa shape index (κ3) is 3.46. The van der Waals surface area contributed by atoms with Crippen LogP contribution in [0.4, 0.5) is 5.82 Å². The molecule has 0 aromatic carbocycles. The number of rotatable bonds is 4. The summed E-state index contributed by atoms with van der Waals surface area (Å²) in [5.41, 5.74) is 0.483. The van der Waals surface area contributed by atoms with Gasteiger partial charge in [-0.05, 0) is 31.4 Å². The second kappa shape index (κ2) is 6.04. The Morgan fingerprint density at radius 3 is 2.53 bits per heavy atom. The summed E-state index contributed by atoms with van der Waals surface area (Å²) in [6, 6.07) is 3.89. The quantitative estimate of drug-likeness (QED) is 0.818. The van der Waals surface area contributed by atoms with E-state index in [2.05, 4.69) is 10.3 Å². The molecule has 1 aromatic rings. The Morgan fingerprint density at radius 1 is 1.32 bits per heavy atom. The number of aliphatic carboxylic acids is 1. The highest BCUT2D eigenvalue weighted by atomic mass is 16.4. The molecule has 0 aliphatic heterocycles. The molecule has 4 heteroatoms. The number of nitrogens with one attached hydrogen (secondary N) is 1. The summed E-state index contributed by atoms with van der Waals surface area (Å²) in [6.45, 7) is 2.46. The van der Waals surface area contributed by atoms with E-state index in [-0.39, 0.29) is 0 Å². The number of aryl methyl sites for hydroxylation is 1. The largest absolute Gasteiger partial charge is 0.481 e. The number of carboxylic acid groups (broad SMARTS) is 1. The van der Waals surface area contributed by atoms with E-state index in [9.17, 15) is 9.90 Å². The Labute approximate surface area is 114 Å². The van der Waals surface area contributed by atoms with Gasteiger partial charge in [0, 0.05) is 12.7 Å². The lowest BCUT2D eigenvalue weighted by Crippen LogP contribution is -2.37. The molecule has 1 fully saturated rings. The number of hydrogen-bond donors (Lipinski definition) is 2. The van der Waals surface area contributed by atoms with Crippen LogP contribution in [0.2, 0.25) is 0 Å². The first-order valence-electron chi connectivity index (χ1n) is 7.02. The molecule has 4 nitrogen and oxygen atoms in total. The lowest BCUT2D eigenvalue weighted by atomic mass is 9.80. The normalized spacial score (nSPS) is 18.6. The summed E-state index contributed by atoms with van der Waals surface area (Å²) < 4.78 is 0. The summed E-state index contributed by atoms with van der Waals surface area (Å²) in [5.74, 6) is 0.0875. The fraction of sp³-hybridized carbons (Fsp3) is 0.600. The fourth-order valence-electron chi connectivity index (χ4n) is 2.70. The predicted molar refractivity (Wildman–Crippen MR) is 75.2 cm³/mol. The van der Waals surface area contributed by atoms with E-state index in [0.717, 1.165) is 49.9 Å². The van der Waals surface area contributed by atoms with Crippen LogP contribution >= 0.6 is 0 Å². The molecule has 1 aliphatic rings. The molecule has 0 spiro atoms. The van der Waals surface area contributed by atoms with E-state index < -0.39 is 11.4 Å². The lowest BCUT2D eigenvalue weighted by Gasteiger charge is -2.28. The third-order valence-corrected chi connectivity index (χ3v) is 4.03. The molecular weight excluding hydrogens is 240 g/mol. The zero-order chi connectivity index (χ0) is 13.7. The van der Waals surface area contributed by atoms with Crippen LogP contribution in [-0.2, 0) is 4.79 Å². The molecule has 2 rings (SSSR count). The summed E-state index contributed by atoms with van der Waals surface area (Å²) in [4.78, 5) is 15.9. The maximum atomic E-state index is 11.6. The van der Waals surface area contributed by atoms with Gasteiger partial charge in [0.1, 0.15) is 5.82 Å². The van der Waals surface area contributed by atoms with Crippen molar-refractivity contribution in [3.63, 3.8) is 0 Å². The minimum absolute atomic E-state index is 0.471. The summed E-state index contributed by atoms with van der Waals surface area (Å²) in [6.07, 6.45) is 7.64. The average Bonchev–Trinajstić information content (AvgIpc) is 2.65. The van der Waals surface area contributed by atoms with Crippen LogP contribution in [0, 0.1) is 12.3 Å². The molecule has 2 N–H and O–H groups in total. The molecule has 1 saturated carbocycles. The van der Waals surface area contributed by atoms with Gasteiger partial charge in [0.05, 0.1) is 5.41 Å². The molecule has 1 aliphatic carbocycles. The van der Waals surface area contributed by atoms with Crippen LogP contribution in [0.3, 0.4) is 0 Å². The van der Waals surface area contributed by atoms with Gasteiger partial charge in [-0.2, -0.15) is 0 Å². The van der Waals surface area contributed by atoms with Gasteiger partial charge in [-0.3, -0.25) is 4.79 Å². The van der Waals surface area contributed by atoms with Gasteiger partial charge in [-0.25, -0.2) is 4.98 Å². The predicted octanol–water partition coefficient (Wildman–Crippen LogP) is 3.23. The van der Waals surface area contributed by atoms with Gasteiger partial charge in [0.25, 0.3) is 0 Å². The molecule has 1 aromatic heterocycles. The summed E-state index contributed by atoms with van der Waals surface area (Å²) >= 11 is 0. The van der Waals surface area contributed by atoms with Crippen molar-refractivity contribution in [3.8, 4) is 0 Å². The van der Waals surface area contributed by atoms with Crippen molar-refractivity contribution in [2.75, 3.05) is 11.9 Å². The van der Waals surface area contributed by atoms with Gasteiger partial charge in [0.2, 0.25) is 0 Å². The molecule has 0 bridgehead atoms. The maximum Gasteiger partial charge on any atom is 0.311 e. The highest BCUT2D eigenvalue weighted by Crippen LogP contribution is 2.35. The van der Waals surface area contributed by atoms with Crippen LogP contribution in [0.1, 0.15) is 44.1 Å². The van der Waals surface area contributed by atoms with Gasteiger partial charge >= 0.3 is 5.97 Å². The van der Waals surface area contributed by atoms with E-state index in [4.69, 9.17) is 0 Å². The van der Waals surface area contributed by atoms with Crippen molar-refractivity contribution in [1.82, 2.24) is 4.98 Å². The monoisotopic (exact) mass is 262 g/mol. The molecule has 0 unspecified atom stereocenters. The highest BCUT2D eigenvalue weighted by molar-refractivity contribution is 5.75. The van der Waals surface area contributed by atoms with Crippen molar-refractivity contribution < 1.29 is 9.90 Å². The van der Waals surface area contributed by atoms with Gasteiger partial charge in [-0.15, -0.1) is 0 Å². The van der Waals surface area contributed by atoms with E-state index in [0.29, 0.717) is 6.54 Å². The molecular formula is C15H22N2O2. The number of pyridine rings is 1. The Balaban J connectivity index is 2.04. The van der Waals surface area contributed by atoms with Crippen molar-refractivity contribution >= 4 is 11.8 Å². The van der Waals surface area contributed by atoms with E-state index in [1.807, 2.05) is 19.1 Å². The number of carboxylic acids is 1. The minimum atomic E-state index is -0.672. The Morgan fingerprint density at radius 2 is 2.00 bits per heavy atom. The van der Waals surface area contributed by atoms with Crippen LogP contribution in [0.5, 0.6) is 0 Å². The number of anilines is 1. The SMILES string of the molecule is Cc1ccc(NCC2(C(=O)O)CCCCCC2)nc1. The Kier molecular flexibility index (Phi) is 4.40.